The smallest absolute Gasteiger partial charge is 0.118 e. The molecule has 0 fully saturated rings. The first-order chi connectivity index (χ1) is 13.8. The molecule has 1 heterocycles. The van der Waals surface area contributed by atoms with Crippen LogP contribution in [0, 0.1) is 0 Å². The average Bonchev–Trinajstić information content (AvgIpc) is 3.26. The number of ether oxygens (including phenoxy) is 4. The third-order valence-corrected chi connectivity index (χ3v) is 4.35. The summed E-state index contributed by atoms with van der Waals surface area (Å²) in [4.78, 5) is 4.10. The lowest BCUT2D eigenvalue weighted by Gasteiger charge is -2.19. The monoisotopic (exact) mass is 382 g/mol. The van der Waals surface area contributed by atoms with Gasteiger partial charge in [0.15, 0.2) is 0 Å². The van der Waals surface area contributed by atoms with E-state index in [4.69, 9.17) is 18.9 Å². The van der Waals surface area contributed by atoms with Gasteiger partial charge in [-0.15, -0.1) is 0 Å². The first kappa shape index (κ1) is 19.9. The van der Waals surface area contributed by atoms with Gasteiger partial charge in [0.1, 0.15) is 11.5 Å². The van der Waals surface area contributed by atoms with Crippen LogP contribution in [0.15, 0.2) is 67.3 Å². The fourth-order valence-corrected chi connectivity index (χ4v) is 2.75. The standard InChI is InChI=1S/C22H26N2O4/c1-25-20-7-3-18(4-8-20)14-27-16-22(13-24-12-11-23-17-24)28-15-19-5-9-21(26-2)10-6-19/h3-12,17,22H,13-16H2,1-2H3/t22-/m0/s1. The maximum absolute atomic E-state index is 6.12. The van der Waals surface area contributed by atoms with Crippen LogP contribution in [-0.4, -0.2) is 36.5 Å². The van der Waals surface area contributed by atoms with E-state index in [9.17, 15) is 0 Å². The predicted octanol–water partition coefficient (Wildman–Crippen LogP) is 3.70. The Morgan fingerprint density at radius 2 is 1.46 bits per heavy atom. The highest BCUT2D eigenvalue weighted by Gasteiger charge is 2.11. The first-order valence-electron chi connectivity index (χ1n) is 9.18. The first-order valence-corrected chi connectivity index (χ1v) is 9.18. The molecule has 0 bridgehead atoms. The van der Waals surface area contributed by atoms with Crippen LogP contribution >= 0.6 is 0 Å². The Bertz CT molecular complexity index is 802. The molecule has 6 nitrogen and oxygen atoms in total. The summed E-state index contributed by atoms with van der Waals surface area (Å²) in [7, 11) is 3.32. The minimum Gasteiger partial charge on any atom is -0.497 e. The Morgan fingerprint density at radius 1 is 0.857 bits per heavy atom. The number of methoxy groups -OCH3 is 2. The van der Waals surface area contributed by atoms with Gasteiger partial charge in [-0.05, 0) is 35.4 Å². The van der Waals surface area contributed by atoms with Gasteiger partial charge in [0.25, 0.3) is 0 Å². The van der Waals surface area contributed by atoms with Crippen molar-refractivity contribution in [1.29, 1.82) is 0 Å². The van der Waals surface area contributed by atoms with Gasteiger partial charge in [-0.1, -0.05) is 24.3 Å². The molecular weight excluding hydrogens is 356 g/mol. The lowest BCUT2D eigenvalue weighted by atomic mass is 10.2. The number of hydrogen-bond acceptors (Lipinski definition) is 5. The second-order valence-corrected chi connectivity index (χ2v) is 6.40. The zero-order valence-corrected chi connectivity index (χ0v) is 16.3. The molecule has 1 aromatic heterocycles. The highest BCUT2D eigenvalue weighted by Crippen LogP contribution is 2.14. The van der Waals surface area contributed by atoms with E-state index in [2.05, 4.69) is 4.98 Å². The van der Waals surface area contributed by atoms with Crippen molar-refractivity contribution in [3.63, 3.8) is 0 Å². The molecule has 0 amide bonds. The summed E-state index contributed by atoms with van der Waals surface area (Å²) in [6, 6.07) is 15.7. The van der Waals surface area contributed by atoms with Crippen molar-refractivity contribution in [1.82, 2.24) is 9.55 Å². The summed E-state index contributed by atoms with van der Waals surface area (Å²) < 4.78 is 24.4. The molecule has 0 radical (unpaired) electrons. The Hall–Kier alpha value is -2.83. The van der Waals surface area contributed by atoms with Gasteiger partial charge in [0.2, 0.25) is 0 Å². The third-order valence-electron chi connectivity index (χ3n) is 4.35. The Kier molecular flexibility index (Phi) is 7.46. The van der Waals surface area contributed by atoms with Crippen LogP contribution in [0.3, 0.4) is 0 Å². The molecule has 2 aromatic carbocycles. The number of hydrogen-bond donors (Lipinski definition) is 0. The van der Waals surface area contributed by atoms with Crippen molar-refractivity contribution in [2.45, 2.75) is 25.9 Å². The van der Waals surface area contributed by atoms with Crippen molar-refractivity contribution in [3.05, 3.63) is 78.4 Å². The van der Waals surface area contributed by atoms with Crippen LogP contribution in [0.5, 0.6) is 11.5 Å². The largest absolute Gasteiger partial charge is 0.497 e. The zero-order chi connectivity index (χ0) is 19.6. The lowest BCUT2D eigenvalue weighted by Crippen LogP contribution is -2.25. The molecule has 148 valence electrons. The van der Waals surface area contributed by atoms with Crippen molar-refractivity contribution < 1.29 is 18.9 Å². The highest BCUT2D eigenvalue weighted by atomic mass is 16.5. The second-order valence-electron chi connectivity index (χ2n) is 6.40. The van der Waals surface area contributed by atoms with E-state index < -0.39 is 0 Å². The number of aromatic nitrogens is 2. The van der Waals surface area contributed by atoms with E-state index in [1.807, 2.05) is 59.3 Å². The highest BCUT2D eigenvalue weighted by molar-refractivity contribution is 5.27. The van der Waals surface area contributed by atoms with Gasteiger partial charge < -0.3 is 23.5 Å². The van der Waals surface area contributed by atoms with E-state index in [0.717, 1.165) is 22.6 Å². The van der Waals surface area contributed by atoms with Gasteiger partial charge in [0, 0.05) is 12.4 Å². The average molecular weight is 382 g/mol. The number of rotatable bonds is 11. The SMILES string of the molecule is COc1ccc(COC[C@H](Cn2ccnc2)OCc2ccc(OC)cc2)cc1. The molecule has 0 unspecified atom stereocenters. The van der Waals surface area contributed by atoms with E-state index in [1.165, 1.54) is 0 Å². The van der Waals surface area contributed by atoms with Crippen molar-refractivity contribution in [2.75, 3.05) is 20.8 Å². The molecule has 0 saturated heterocycles. The summed E-state index contributed by atoms with van der Waals surface area (Å²) in [5.41, 5.74) is 2.18. The lowest BCUT2D eigenvalue weighted by molar-refractivity contribution is -0.0373. The summed E-state index contributed by atoms with van der Waals surface area (Å²) in [5.74, 6) is 1.67. The van der Waals surface area contributed by atoms with E-state index >= 15 is 0 Å². The molecule has 0 saturated carbocycles. The fourth-order valence-electron chi connectivity index (χ4n) is 2.75. The molecule has 0 aliphatic carbocycles. The number of nitrogens with zero attached hydrogens (tertiary/aromatic N) is 2. The van der Waals surface area contributed by atoms with Crippen LogP contribution in [0.1, 0.15) is 11.1 Å². The maximum Gasteiger partial charge on any atom is 0.118 e. The van der Waals surface area contributed by atoms with E-state index in [0.29, 0.717) is 26.4 Å². The van der Waals surface area contributed by atoms with Crippen LogP contribution in [0.4, 0.5) is 0 Å². The molecule has 1 atom stereocenters. The Labute approximate surface area is 165 Å². The molecule has 3 rings (SSSR count). The summed E-state index contributed by atoms with van der Waals surface area (Å²) >= 11 is 0. The van der Waals surface area contributed by atoms with Gasteiger partial charge in [-0.25, -0.2) is 4.98 Å². The van der Waals surface area contributed by atoms with Gasteiger partial charge in [-0.3, -0.25) is 0 Å². The normalized spacial score (nSPS) is 11.9. The fraction of sp³-hybridized carbons (Fsp3) is 0.318. The van der Waals surface area contributed by atoms with Crippen molar-refractivity contribution in [2.24, 2.45) is 0 Å². The molecule has 6 heteroatoms. The van der Waals surface area contributed by atoms with E-state index in [1.54, 1.807) is 26.7 Å². The third kappa shape index (κ3) is 6.11. The summed E-state index contributed by atoms with van der Waals surface area (Å²) in [6.45, 7) is 2.20. The second kappa shape index (κ2) is 10.5. The predicted molar refractivity (Wildman–Crippen MR) is 106 cm³/mol. The molecule has 28 heavy (non-hydrogen) atoms. The molecule has 3 aromatic rings. The number of imidazole rings is 1. The van der Waals surface area contributed by atoms with Gasteiger partial charge >= 0.3 is 0 Å². The minimum absolute atomic E-state index is 0.0884. The minimum atomic E-state index is -0.0884. The van der Waals surface area contributed by atoms with E-state index in [-0.39, 0.29) is 6.10 Å². The Balaban J connectivity index is 1.53. The molecule has 0 N–H and O–H groups in total. The quantitative estimate of drug-likeness (QED) is 0.506. The topological polar surface area (TPSA) is 54.7 Å². The van der Waals surface area contributed by atoms with Crippen LogP contribution in [-0.2, 0) is 29.2 Å². The Morgan fingerprint density at radius 3 is 2.00 bits per heavy atom. The van der Waals surface area contributed by atoms with Crippen LogP contribution < -0.4 is 9.47 Å². The molecule has 0 spiro atoms. The van der Waals surface area contributed by atoms with Crippen molar-refractivity contribution in [3.8, 4) is 11.5 Å². The molecule has 0 aliphatic heterocycles. The zero-order valence-electron chi connectivity index (χ0n) is 16.3. The van der Waals surface area contributed by atoms with Crippen molar-refractivity contribution >= 4 is 0 Å². The van der Waals surface area contributed by atoms with Gasteiger partial charge in [-0.2, -0.15) is 0 Å². The molecule has 0 aliphatic rings. The number of benzene rings is 2. The summed E-state index contributed by atoms with van der Waals surface area (Å²) in [5, 5.41) is 0. The van der Waals surface area contributed by atoms with Crippen LogP contribution in [0.25, 0.3) is 0 Å². The maximum atomic E-state index is 6.12. The van der Waals surface area contributed by atoms with Crippen LogP contribution in [0.2, 0.25) is 0 Å². The summed E-state index contributed by atoms with van der Waals surface area (Å²) in [6.07, 6.45) is 5.38. The molecular formula is C22H26N2O4. The van der Waals surface area contributed by atoms with Gasteiger partial charge in [0.05, 0.1) is 53.0 Å².